The van der Waals surface area contributed by atoms with Crippen LogP contribution >= 0.6 is 0 Å². The number of nitro benzene ring substituents is 1. The Hall–Kier alpha value is -2.30. The number of benzene rings is 1. The molecule has 5 nitrogen and oxygen atoms in total. The highest BCUT2D eigenvalue weighted by Gasteiger charge is 2.46. The van der Waals surface area contributed by atoms with E-state index in [-0.39, 0.29) is 40.2 Å². The summed E-state index contributed by atoms with van der Waals surface area (Å²) >= 11 is 0. The number of nitro groups is 1. The molecule has 0 radical (unpaired) electrons. The van der Waals surface area contributed by atoms with E-state index in [0.717, 1.165) is 0 Å². The van der Waals surface area contributed by atoms with Gasteiger partial charge in [0.15, 0.2) is 11.6 Å². The summed E-state index contributed by atoms with van der Waals surface area (Å²) < 4.78 is 0. The number of nitrogens with zero attached hydrogens (tertiary/aromatic N) is 1. The van der Waals surface area contributed by atoms with Gasteiger partial charge in [0.25, 0.3) is 5.69 Å². The Morgan fingerprint density at radius 2 is 2.00 bits per heavy atom. The highest BCUT2D eigenvalue weighted by Crippen LogP contribution is 2.42. The Balaban J connectivity index is 2.23. The van der Waals surface area contributed by atoms with Gasteiger partial charge in [0, 0.05) is 23.5 Å². The maximum absolute atomic E-state index is 12.6. The molecule has 5 heteroatoms. The number of rotatable bonds is 1. The Labute approximate surface area is 115 Å². The quantitative estimate of drug-likeness (QED) is 0.447. The molecule has 0 unspecified atom stereocenters. The van der Waals surface area contributed by atoms with Crippen LogP contribution in [-0.4, -0.2) is 16.5 Å². The van der Waals surface area contributed by atoms with E-state index in [9.17, 15) is 19.7 Å². The molecule has 0 N–H and O–H groups in total. The van der Waals surface area contributed by atoms with Crippen LogP contribution < -0.4 is 0 Å². The SMILES string of the molecule is C[C@H]1C=CC[C@@H]2C(=O)c3cccc([N+](=O)[O-])c3C(=O)[C@@H]21. The van der Waals surface area contributed by atoms with Gasteiger partial charge in [-0.2, -0.15) is 0 Å². The largest absolute Gasteiger partial charge is 0.294 e. The second-order valence-electron chi connectivity index (χ2n) is 5.34. The van der Waals surface area contributed by atoms with E-state index in [0.29, 0.717) is 6.42 Å². The molecule has 0 saturated heterocycles. The molecule has 3 atom stereocenters. The van der Waals surface area contributed by atoms with Crippen molar-refractivity contribution in [2.24, 2.45) is 17.8 Å². The number of ketones is 2. The number of hydrogen-bond donors (Lipinski definition) is 0. The predicted molar refractivity (Wildman–Crippen MR) is 71.7 cm³/mol. The van der Waals surface area contributed by atoms with Gasteiger partial charge >= 0.3 is 0 Å². The summed E-state index contributed by atoms with van der Waals surface area (Å²) in [6, 6.07) is 4.26. The van der Waals surface area contributed by atoms with Gasteiger partial charge in [0.1, 0.15) is 5.56 Å². The first-order chi connectivity index (χ1) is 9.52. The maximum Gasteiger partial charge on any atom is 0.280 e. The fourth-order valence-electron chi connectivity index (χ4n) is 3.29. The lowest BCUT2D eigenvalue weighted by atomic mass is 9.65. The molecule has 0 amide bonds. The molecule has 0 saturated carbocycles. The van der Waals surface area contributed by atoms with E-state index >= 15 is 0 Å². The summed E-state index contributed by atoms with van der Waals surface area (Å²) in [6.45, 7) is 1.87. The minimum Gasteiger partial charge on any atom is -0.294 e. The average molecular weight is 271 g/mol. The van der Waals surface area contributed by atoms with E-state index in [1.165, 1.54) is 18.2 Å². The Bertz CT molecular complexity index is 662. The molecule has 0 bridgehead atoms. The van der Waals surface area contributed by atoms with Gasteiger partial charge in [0.05, 0.1) is 4.92 Å². The molecule has 2 aliphatic carbocycles. The summed E-state index contributed by atoms with van der Waals surface area (Å²) in [6.07, 6.45) is 4.35. The van der Waals surface area contributed by atoms with Gasteiger partial charge < -0.3 is 0 Å². The lowest BCUT2D eigenvalue weighted by molar-refractivity contribution is -0.385. The summed E-state index contributed by atoms with van der Waals surface area (Å²) in [5.74, 6) is -1.34. The number of hydrogen-bond acceptors (Lipinski definition) is 4. The van der Waals surface area contributed by atoms with Gasteiger partial charge in [-0.05, 0) is 12.3 Å². The van der Waals surface area contributed by atoms with Crippen molar-refractivity contribution in [3.05, 3.63) is 51.6 Å². The summed E-state index contributed by atoms with van der Waals surface area (Å²) in [5, 5.41) is 11.1. The molecule has 20 heavy (non-hydrogen) atoms. The highest BCUT2D eigenvalue weighted by molar-refractivity contribution is 6.18. The topological polar surface area (TPSA) is 77.3 Å². The number of carbonyl (C=O) groups is 2. The van der Waals surface area contributed by atoms with Gasteiger partial charge in [-0.15, -0.1) is 0 Å². The van der Waals surface area contributed by atoms with Crippen LogP contribution in [0.25, 0.3) is 0 Å². The van der Waals surface area contributed by atoms with Crippen LogP contribution in [0.4, 0.5) is 5.69 Å². The lowest BCUT2D eigenvalue weighted by Crippen LogP contribution is -2.41. The van der Waals surface area contributed by atoms with Crippen LogP contribution in [0.3, 0.4) is 0 Å². The molecule has 0 heterocycles. The number of Topliss-reactive ketones (excluding diaryl/α,β-unsaturated/α-hetero) is 2. The van der Waals surface area contributed by atoms with Crippen molar-refractivity contribution >= 4 is 17.3 Å². The fraction of sp³-hybridized carbons (Fsp3) is 0.333. The molecule has 2 aliphatic rings. The van der Waals surface area contributed by atoms with E-state index in [1.807, 2.05) is 19.1 Å². The first-order valence-electron chi connectivity index (χ1n) is 6.55. The third kappa shape index (κ3) is 1.62. The zero-order chi connectivity index (χ0) is 14.4. The summed E-state index contributed by atoms with van der Waals surface area (Å²) in [7, 11) is 0. The zero-order valence-corrected chi connectivity index (χ0v) is 10.9. The van der Waals surface area contributed by atoms with Crippen LogP contribution in [0, 0.1) is 27.9 Å². The molecule has 3 rings (SSSR count). The Kier molecular flexibility index (Phi) is 2.78. The van der Waals surface area contributed by atoms with Crippen molar-refractivity contribution < 1.29 is 14.5 Å². The van der Waals surface area contributed by atoms with E-state index in [2.05, 4.69) is 0 Å². The van der Waals surface area contributed by atoms with Crippen LogP contribution in [0.5, 0.6) is 0 Å². The van der Waals surface area contributed by atoms with Crippen LogP contribution in [-0.2, 0) is 0 Å². The number of carbonyl (C=O) groups excluding carboxylic acids is 2. The van der Waals surface area contributed by atoms with E-state index in [1.54, 1.807) is 0 Å². The monoisotopic (exact) mass is 271 g/mol. The zero-order valence-electron chi connectivity index (χ0n) is 10.9. The minimum absolute atomic E-state index is 0.00843. The van der Waals surface area contributed by atoms with Crippen molar-refractivity contribution in [3.63, 3.8) is 0 Å². The Morgan fingerprint density at radius 3 is 2.70 bits per heavy atom. The third-order valence-electron chi connectivity index (χ3n) is 4.22. The molecule has 1 aromatic carbocycles. The second kappa shape index (κ2) is 4.37. The first-order valence-corrected chi connectivity index (χ1v) is 6.55. The van der Waals surface area contributed by atoms with Gasteiger partial charge in [-0.3, -0.25) is 19.7 Å². The van der Waals surface area contributed by atoms with Crippen LogP contribution in [0.2, 0.25) is 0 Å². The molecule has 0 aromatic heterocycles. The normalized spacial score (nSPS) is 27.9. The molecular formula is C15H13NO4. The van der Waals surface area contributed by atoms with Gasteiger partial charge in [0.2, 0.25) is 0 Å². The van der Waals surface area contributed by atoms with Crippen molar-refractivity contribution in [2.45, 2.75) is 13.3 Å². The van der Waals surface area contributed by atoms with Gasteiger partial charge in [-0.25, -0.2) is 0 Å². The smallest absolute Gasteiger partial charge is 0.280 e. The maximum atomic E-state index is 12.6. The van der Waals surface area contributed by atoms with Crippen LogP contribution in [0.1, 0.15) is 34.1 Å². The van der Waals surface area contributed by atoms with Crippen molar-refractivity contribution in [2.75, 3.05) is 0 Å². The summed E-state index contributed by atoms with van der Waals surface area (Å²) in [4.78, 5) is 35.7. The fourth-order valence-corrected chi connectivity index (χ4v) is 3.29. The average Bonchev–Trinajstić information content (AvgIpc) is 2.43. The molecule has 0 aliphatic heterocycles. The minimum atomic E-state index is -0.590. The number of allylic oxidation sites excluding steroid dienone is 2. The molecular weight excluding hydrogens is 258 g/mol. The Morgan fingerprint density at radius 1 is 1.25 bits per heavy atom. The van der Waals surface area contributed by atoms with E-state index < -0.39 is 10.8 Å². The standard InChI is InChI=1S/C15H13NO4/c1-8-4-2-5-9-12(8)15(18)13-10(14(9)17)6-3-7-11(13)16(19)20/h2-4,6-9,12H,5H2,1H3/t8-,9-,12+/m0/s1. The van der Waals surface area contributed by atoms with Gasteiger partial charge in [-0.1, -0.05) is 31.2 Å². The van der Waals surface area contributed by atoms with Crippen molar-refractivity contribution in [1.29, 1.82) is 0 Å². The molecule has 102 valence electrons. The second-order valence-corrected chi connectivity index (χ2v) is 5.34. The van der Waals surface area contributed by atoms with E-state index in [4.69, 9.17) is 0 Å². The lowest BCUT2D eigenvalue weighted by Gasteiger charge is -2.35. The molecule has 0 spiro atoms. The molecule has 0 fully saturated rings. The summed E-state index contributed by atoms with van der Waals surface area (Å²) in [5.41, 5.74) is -0.0695. The van der Waals surface area contributed by atoms with Crippen LogP contribution in [0.15, 0.2) is 30.4 Å². The molecule has 1 aromatic rings. The number of fused-ring (bicyclic) bond motifs is 2. The third-order valence-corrected chi connectivity index (χ3v) is 4.22. The van der Waals surface area contributed by atoms with Crippen molar-refractivity contribution in [1.82, 2.24) is 0 Å². The highest BCUT2D eigenvalue weighted by atomic mass is 16.6. The first kappa shape index (κ1) is 12.7. The predicted octanol–water partition coefficient (Wildman–Crippen LogP) is 2.80. The van der Waals surface area contributed by atoms with Crippen molar-refractivity contribution in [3.8, 4) is 0 Å².